The largest absolute Gasteiger partial charge is 0.370 e. The van der Waals surface area contributed by atoms with Crippen LogP contribution >= 0.6 is 0 Å². The van der Waals surface area contributed by atoms with Gasteiger partial charge in [-0.1, -0.05) is 0 Å². The lowest BCUT2D eigenvalue weighted by atomic mass is 10.4. The van der Waals surface area contributed by atoms with E-state index in [0.29, 0.717) is 0 Å². The number of nitrogens with two attached hydrogens (primary N) is 1. The molecule has 4 heteroatoms. The Morgan fingerprint density at radius 2 is 2.45 bits per heavy atom. The molecule has 0 aliphatic heterocycles. The van der Waals surface area contributed by atoms with Crippen LogP contribution < -0.4 is 10.6 Å². The van der Waals surface area contributed by atoms with Gasteiger partial charge in [0.2, 0.25) is 0 Å². The van der Waals surface area contributed by atoms with Gasteiger partial charge in [-0.25, -0.2) is 0 Å². The zero-order valence-electron chi connectivity index (χ0n) is 6.28. The van der Waals surface area contributed by atoms with Crippen LogP contribution in [0.4, 0.5) is 5.69 Å². The molecule has 0 radical (unpaired) electrons. The Morgan fingerprint density at radius 3 is 2.91 bits per heavy atom. The highest BCUT2D eigenvalue weighted by atomic mass is 15.2. The standard InChI is InChI=1S/C7H10N4/c1-11(7(8)9)6-3-2-4-10-5-6/h2-5H,1H3,(H3,8,9). The second-order valence-corrected chi connectivity index (χ2v) is 2.16. The molecule has 0 aliphatic rings. The first kappa shape index (κ1) is 7.53. The molecule has 0 saturated heterocycles. The quantitative estimate of drug-likeness (QED) is 0.450. The third-order valence-electron chi connectivity index (χ3n) is 1.39. The van der Waals surface area contributed by atoms with Gasteiger partial charge >= 0.3 is 0 Å². The summed E-state index contributed by atoms with van der Waals surface area (Å²) in [5.74, 6) is 0.0120. The van der Waals surface area contributed by atoms with E-state index in [4.69, 9.17) is 11.1 Å². The molecule has 0 atom stereocenters. The van der Waals surface area contributed by atoms with Crippen molar-refractivity contribution in [1.82, 2.24) is 4.98 Å². The lowest BCUT2D eigenvalue weighted by molar-refractivity contribution is 1.17. The van der Waals surface area contributed by atoms with Crippen molar-refractivity contribution in [3.8, 4) is 0 Å². The lowest BCUT2D eigenvalue weighted by Crippen LogP contribution is -2.32. The topological polar surface area (TPSA) is 66.0 Å². The predicted octanol–water partition coefficient (Wildman–Crippen LogP) is 0.411. The van der Waals surface area contributed by atoms with Gasteiger partial charge in [0.05, 0.1) is 11.9 Å². The van der Waals surface area contributed by atoms with Crippen molar-refractivity contribution in [3.05, 3.63) is 24.5 Å². The monoisotopic (exact) mass is 150 g/mol. The average Bonchev–Trinajstić information content (AvgIpc) is 2.05. The Hall–Kier alpha value is -1.58. The fraction of sp³-hybridized carbons (Fsp3) is 0.143. The number of hydrogen-bond acceptors (Lipinski definition) is 2. The van der Waals surface area contributed by atoms with Crippen LogP contribution in [-0.4, -0.2) is 18.0 Å². The van der Waals surface area contributed by atoms with Gasteiger partial charge in [0.25, 0.3) is 0 Å². The summed E-state index contributed by atoms with van der Waals surface area (Å²) in [7, 11) is 1.72. The van der Waals surface area contributed by atoms with Crippen LogP contribution in [0.1, 0.15) is 0 Å². The predicted molar refractivity (Wildman–Crippen MR) is 44.6 cm³/mol. The Balaban J connectivity index is 2.85. The molecule has 11 heavy (non-hydrogen) atoms. The zero-order chi connectivity index (χ0) is 8.27. The first-order chi connectivity index (χ1) is 5.22. The normalized spacial score (nSPS) is 9.18. The Bertz CT molecular complexity index is 244. The molecule has 4 nitrogen and oxygen atoms in total. The summed E-state index contributed by atoms with van der Waals surface area (Å²) in [6.07, 6.45) is 3.33. The second kappa shape index (κ2) is 3.01. The van der Waals surface area contributed by atoms with E-state index in [1.807, 2.05) is 6.07 Å². The van der Waals surface area contributed by atoms with Crippen LogP contribution in [0.25, 0.3) is 0 Å². The van der Waals surface area contributed by atoms with E-state index in [1.165, 1.54) is 0 Å². The van der Waals surface area contributed by atoms with Gasteiger partial charge in [0, 0.05) is 13.2 Å². The molecule has 0 fully saturated rings. The van der Waals surface area contributed by atoms with Crippen molar-refractivity contribution < 1.29 is 0 Å². The summed E-state index contributed by atoms with van der Waals surface area (Å²) in [6.45, 7) is 0. The number of nitrogens with zero attached hydrogens (tertiary/aromatic N) is 2. The van der Waals surface area contributed by atoms with Gasteiger partial charge in [0.1, 0.15) is 0 Å². The molecule has 1 aromatic rings. The van der Waals surface area contributed by atoms with E-state index < -0.39 is 0 Å². The molecule has 0 amide bonds. The van der Waals surface area contributed by atoms with Gasteiger partial charge in [-0.05, 0) is 12.1 Å². The number of rotatable bonds is 1. The highest BCUT2D eigenvalue weighted by Crippen LogP contribution is 2.07. The fourth-order valence-electron chi connectivity index (χ4n) is 0.691. The smallest absolute Gasteiger partial charge is 0.192 e. The van der Waals surface area contributed by atoms with Crippen molar-refractivity contribution >= 4 is 11.6 Å². The number of aromatic nitrogens is 1. The SMILES string of the molecule is CN(C(=N)N)c1cccnc1. The van der Waals surface area contributed by atoms with E-state index in [2.05, 4.69) is 4.98 Å². The number of nitrogens with one attached hydrogen (secondary N) is 1. The number of pyridine rings is 1. The van der Waals surface area contributed by atoms with Crippen molar-refractivity contribution in [3.63, 3.8) is 0 Å². The third kappa shape index (κ3) is 1.67. The van der Waals surface area contributed by atoms with Crippen LogP contribution in [-0.2, 0) is 0 Å². The van der Waals surface area contributed by atoms with Gasteiger partial charge in [-0.15, -0.1) is 0 Å². The highest BCUT2D eigenvalue weighted by Gasteiger charge is 2.00. The molecule has 0 bridgehead atoms. The number of hydrogen-bond donors (Lipinski definition) is 2. The molecule has 0 aromatic carbocycles. The maximum Gasteiger partial charge on any atom is 0.192 e. The minimum absolute atomic E-state index is 0.0120. The molecule has 3 N–H and O–H groups in total. The zero-order valence-corrected chi connectivity index (χ0v) is 6.28. The molecule has 1 aromatic heterocycles. The van der Waals surface area contributed by atoms with Crippen LogP contribution in [0.2, 0.25) is 0 Å². The minimum atomic E-state index is 0.0120. The first-order valence-corrected chi connectivity index (χ1v) is 3.19. The Morgan fingerprint density at radius 1 is 1.73 bits per heavy atom. The lowest BCUT2D eigenvalue weighted by Gasteiger charge is -2.15. The van der Waals surface area contributed by atoms with Gasteiger partial charge in [0.15, 0.2) is 5.96 Å². The number of anilines is 1. The van der Waals surface area contributed by atoms with Crippen molar-refractivity contribution in [2.24, 2.45) is 5.73 Å². The van der Waals surface area contributed by atoms with Crippen LogP contribution in [0, 0.1) is 5.41 Å². The summed E-state index contributed by atoms with van der Waals surface area (Å²) in [4.78, 5) is 5.44. The van der Waals surface area contributed by atoms with Crippen molar-refractivity contribution in [2.75, 3.05) is 11.9 Å². The summed E-state index contributed by atoms with van der Waals surface area (Å²) in [5, 5.41) is 7.11. The van der Waals surface area contributed by atoms with Gasteiger partial charge in [-0.2, -0.15) is 0 Å². The molecule has 1 heterocycles. The summed E-state index contributed by atoms with van der Waals surface area (Å²) in [5.41, 5.74) is 6.07. The van der Waals surface area contributed by atoms with E-state index in [0.717, 1.165) is 5.69 Å². The molecular formula is C7H10N4. The van der Waals surface area contributed by atoms with Gasteiger partial charge in [-0.3, -0.25) is 10.4 Å². The maximum absolute atomic E-state index is 7.11. The van der Waals surface area contributed by atoms with Crippen molar-refractivity contribution in [1.29, 1.82) is 5.41 Å². The summed E-state index contributed by atoms with van der Waals surface area (Å²) < 4.78 is 0. The summed E-state index contributed by atoms with van der Waals surface area (Å²) >= 11 is 0. The summed E-state index contributed by atoms with van der Waals surface area (Å²) in [6, 6.07) is 3.64. The Labute approximate surface area is 65.2 Å². The second-order valence-electron chi connectivity index (χ2n) is 2.16. The average molecular weight is 150 g/mol. The van der Waals surface area contributed by atoms with E-state index in [9.17, 15) is 0 Å². The van der Waals surface area contributed by atoms with Crippen LogP contribution in [0.3, 0.4) is 0 Å². The number of guanidine groups is 1. The highest BCUT2D eigenvalue weighted by molar-refractivity contribution is 5.91. The molecule has 0 aliphatic carbocycles. The first-order valence-electron chi connectivity index (χ1n) is 3.19. The van der Waals surface area contributed by atoms with E-state index >= 15 is 0 Å². The van der Waals surface area contributed by atoms with Crippen LogP contribution in [0.5, 0.6) is 0 Å². The maximum atomic E-state index is 7.11. The molecular weight excluding hydrogens is 140 g/mol. The van der Waals surface area contributed by atoms with E-state index in [-0.39, 0.29) is 5.96 Å². The van der Waals surface area contributed by atoms with E-state index in [1.54, 1.807) is 30.4 Å². The van der Waals surface area contributed by atoms with Crippen molar-refractivity contribution in [2.45, 2.75) is 0 Å². The van der Waals surface area contributed by atoms with Gasteiger partial charge < -0.3 is 10.6 Å². The minimum Gasteiger partial charge on any atom is -0.370 e. The molecule has 0 spiro atoms. The molecule has 0 saturated carbocycles. The molecule has 0 unspecified atom stereocenters. The fourth-order valence-corrected chi connectivity index (χ4v) is 0.691. The Kier molecular flexibility index (Phi) is 2.06. The third-order valence-corrected chi connectivity index (χ3v) is 1.39. The molecule has 1 rings (SSSR count). The van der Waals surface area contributed by atoms with Crippen LogP contribution in [0.15, 0.2) is 24.5 Å². The molecule has 58 valence electrons.